The fraction of sp³-hybridized carbons (Fsp3) is 0.538. The second-order valence-corrected chi connectivity index (χ2v) is 5.90. The maximum absolute atomic E-state index is 5.67. The SMILES string of the molecule is NNC(CC1CCCC1)c1ccc(I)cc1. The maximum Gasteiger partial charge on any atom is 0.0462 e. The fourth-order valence-electron chi connectivity index (χ4n) is 2.57. The first-order chi connectivity index (χ1) is 7.79. The zero-order valence-corrected chi connectivity index (χ0v) is 11.6. The Kier molecular flexibility index (Phi) is 4.61. The smallest absolute Gasteiger partial charge is 0.0462 e. The highest BCUT2D eigenvalue weighted by molar-refractivity contribution is 14.1. The molecule has 1 unspecified atom stereocenters. The van der Waals surface area contributed by atoms with Crippen molar-refractivity contribution in [3.05, 3.63) is 33.4 Å². The molecule has 0 saturated heterocycles. The van der Waals surface area contributed by atoms with Crippen molar-refractivity contribution in [2.24, 2.45) is 11.8 Å². The molecule has 1 saturated carbocycles. The first-order valence-electron chi connectivity index (χ1n) is 6.01. The van der Waals surface area contributed by atoms with Crippen LogP contribution in [0.2, 0.25) is 0 Å². The van der Waals surface area contributed by atoms with Gasteiger partial charge < -0.3 is 0 Å². The van der Waals surface area contributed by atoms with Gasteiger partial charge in [-0.3, -0.25) is 11.3 Å². The van der Waals surface area contributed by atoms with Gasteiger partial charge in [-0.15, -0.1) is 0 Å². The van der Waals surface area contributed by atoms with E-state index in [1.165, 1.54) is 41.2 Å². The summed E-state index contributed by atoms with van der Waals surface area (Å²) in [6, 6.07) is 8.98. The molecule has 0 radical (unpaired) electrons. The molecule has 2 rings (SSSR count). The number of benzene rings is 1. The zero-order valence-electron chi connectivity index (χ0n) is 9.45. The quantitative estimate of drug-likeness (QED) is 0.505. The third-order valence-corrected chi connectivity index (χ3v) is 4.24. The van der Waals surface area contributed by atoms with E-state index in [4.69, 9.17) is 5.84 Å². The highest BCUT2D eigenvalue weighted by Gasteiger charge is 2.20. The third-order valence-electron chi connectivity index (χ3n) is 3.52. The predicted molar refractivity (Wildman–Crippen MR) is 75.8 cm³/mol. The van der Waals surface area contributed by atoms with Crippen molar-refractivity contribution in [3.63, 3.8) is 0 Å². The van der Waals surface area contributed by atoms with E-state index in [9.17, 15) is 0 Å². The average Bonchev–Trinajstić information content (AvgIpc) is 2.80. The second-order valence-electron chi connectivity index (χ2n) is 4.66. The summed E-state index contributed by atoms with van der Waals surface area (Å²) in [6.07, 6.45) is 6.73. The minimum atomic E-state index is 0.320. The van der Waals surface area contributed by atoms with E-state index in [0.29, 0.717) is 6.04 Å². The van der Waals surface area contributed by atoms with Crippen molar-refractivity contribution >= 4 is 22.6 Å². The van der Waals surface area contributed by atoms with Gasteiger partial charge in [-0.2, -0.15) is 0 Å². The van der Waals surface area contributed by atoms with Crippen LogP contribution in [0.1, 0.15) is 43.7 Å². The first-order valence-corrected chi connectivity index (χ1v) is 7.09. The Labute approximate surface area is 111 Å². The van der Waals surface area contributed by atoms with Gasteiger partial charge in [0.1, 0.15) is 0 Å². The van der Waals surface area contributed by atoms with E-state index in [0.717, 1.165) is 5.92 Å². The Morgan fingerprint density at radius 2 is 1.88 bits per heavy atom. The van der Waals surface area contributed by atoms with Crippen molar-refractivity contribution in [1.29, 1.82) is 0 Å². The van der Waals surface area contributed by atoms with Crippen LogP contribution in [-0.4, -0.2) is 0 Å². The van der Waals surface area contributed by atoms with Gasteiger partial charge >= 0.3 is 0 Å². The topological polar surface area (TPSA) is 38.0 Å². The number of nitrogens with one attached hydrogen (secondary N) is 1. The van der Waals surface area contributed by atoms with Crippen LogP contribution in [0.4, 0.5) is 0 Å². The minimum absolute atomic E-state index is 0.320. The molecular formula is C13H19IN2. The highest BCUT2D eigenvalue weighted by atomic mass is 127. The molecule has 88 valence electrons. The molecule has 0 heterocycles. The first kappa shape index (κ1) is 12.3. The zero-order chi connectivity index (χ0) is 11.4. The number of hydrazine groups is 1. The Balaban J connectivity index is 2.00. The molecule has 16 heavy (non-hydrogen) atoms. The van der Waals surface area contributed by atoms with E-state index >= 15 is 0 Å². The lowest BCUT2D eigenvalue weighted by Crippen LogP contribution is -2.29. The summed E-state index contributed by atoms with van der Waals surface area (Å²) in [7, 11) is 0. The van der Waals surface area contributed by atoms with Crippen molar-refractivity contribution in [3.8, 4) is 0 Å². The Bertz CT molecular complexity index is 317. The van der Waals surface area contributed by atoms with Gasteiger partial charge in [-0.05, 0) is 52.6 Å². The maximum atomic E-state index is 5.67. The van der Waals surface area contributed by atoms with Crippen LogP contribution in [-0.2, 0) is 0 Å². The molecule has 0 spiro atoms. The van der Waals surface area contributed by atoms with Crippen LogP contribution in [0, 0.1) is 9.49 Å². The van der Waals surface area contributed by atoms with Gasteiger partial charge in [-0.1, -0.05) is 37.8 Å². The summed E-state index contributed by atoms with van der Waals surface area (Å²) in [6.45, 7) is 0. The lowest BCUT2D eigenvalue weighted by atomic mass is 9.94. The monoisotopic (exact) mass is 330 g/mol. The molecular weight excluding hydrogens is 311 g/mol. The summed E-state index contributed by atoms with van der Waals surface area (Å²) >= 11 is 2.33. The third kappa shape index (κ3) is 3.18. The van der Waals surface area contributed by atoms with Crippen molar-refractivity contribution in [2.75, 3.05) is 0 Å². The summed E-state index contributed by atoms with van der Waals surface area (Å²) in [5.74, 6) is 6.53. The molecule has 0 amide bonds. The summed E-state index contributed by atoms with van der Waals surface area (Å²) < 4.78 is 1.28. The molecule has 1 aliphatic rings. The molecule has 1 aliphatic carbocycles. The van der Waals surface area contributed by atoms with Crippen LogP contribution >= 0.6 is 22.6 Å². The number of nitrogens with two attached hydrogens (primary N) is 1. The van der Waals surface area contributed by atoms with Crippen LogP contribution < -0.4 is 11.3 Å². The molecule has 3 N–H and O–H groups in total. The number of halogens is 1. The van der Waals surface area contributed by atoms with E-state index in [1.54, 1.807) is 0 Å². The largest absolute Gasteiger partial charge is 0.271 e. The van der Waals surface area contributed by atoms with Crippen LogP contribution in [0.3, 0.4) is 0 Å². The Hall–Kier alpha value is -0.130. The van der Waals surface area contributed by atoms with E-state index < -0.39 is 0 Å². The van der Waals surface area contributed by atoms with Crippen molar-refractivity contribution in [2.45, 2.75) is 38.1 Å². The van der Waals surface area contributed by atoms with E-state index in [2.05, 4.69) is 52.3 Å². The molecule has 0 bridgehead atoms. The molecule has 3 heteroatoms. The van der Waals surface area contributed by atoms with Crippen LogP contribution in [0.25, 0.3) is 0 Å². The van der Waals surface area contributed by atoms with Crippen molar-refractivity contribution in [1.82, 2.24) is 5.43 Å². The van der Waals surface area contributed by atoms with Gasteiger partial charge in [0, 0.05) is 9.61 Å². The number of hydrogen-bond donors (Lipinski definition) is 2. The molecule has 1 atom stereocenters. The minimum Gasteiger partial charge on any atom is -0.271 e. The molecule has 1 aromatic rings. The van der Waals surface area contributed by atoms with Gasteiger partial charge in [0.2, 0.25) is 0 Å². The van der Waals surface area contributed by atoms with Gasteiger partial charge in [0.05, 0.1) is 0 Å². The normalized spacial score (nSPS) is 18.9. The summed E-state index contributed by atoms with van der Waals surface area (Å²) in [5.41, 5.74) is 4.28. The summed E-state index contributed by atoms with van der Waals surface area (Å²) in [5, 5.41) is 0. The number of hydrogen-bond acceptors (Lipinski definition) is 2. The molecule has 0 aliphatic heterocycles. The number of rotatable bonds is 4. The van der Waals surface area contributed by atoms with Gasteiger partial charge in [0.15, 0.2) is 0 Å². The van der Waals surface area contributed by atoms with Crippen molar-refractivity contribution < 1.29 is 0 Å². The molecule has 2 nitrogen and oxygen atoms in total. The Morgan fingerprint density at radius 1 is 1.25 bits per heavy atom. The lowest BCUT2D eigenvalue weighted by Gasteiger charge is -2.20. The standard InChI is InChI=1S/C13H19IN2/c14-12-7-5-11(6-8-12)13(16-15)9-10-3-1-2-4-10/h5-8,10,13,16H,1-4,9,15H2. The van der Waals surface area contributed by atoms with E-state index in [-0.39, 0.29) is 0 Å². The summed E-state index contributed by atoms with van der Waals surface area (Å²) in [4.78, 5) is 0. The Morgan fingerprint density at radius 3 is 2.44 bits per heavy atom. The second kappa shape index (κ2) is 5.98. The lowest BCUT2D eigenvalue weighted by molar-refractivity contribution is 0.400. The van der Waals surface area contributed by atoms with Crippen LogP contribution in [0.15, 0.2) is 24.3 Å². The average molecular weight is 330 g/mol. The fourth-order valence-corrected chi connectivity index (χ4v) is 2.93. The molecule has 0 aromatic heterocycles. The molecule has 1 aromatic carbocycles. The predicted octanol–water partition coefficient (Wildman–Crippen LogP) is 3.38. The van der Waals surface area contributed by atoms with Gasteiger partial charge in [-0.25, -0.2) is 0 Å². The van der Waals surface area contributed by atoms with Gasteiger partial charge in [0.25, 0.3) is 0 Å². The molecule has 1 fully saturated rings. The van der Waals surface area contributed by atoms with Crippen LogP contribution in [0.5, 0.6) is 0 Å². The van der Waals surface area contributed by atoms with E-state index in [1.807, 2.05) is 0 Å². The highest BCUT2D eigenvalue weighted by Crippen LogP contribution is 2.32.